The molecule has 1 atom stereocenters. The first-order valence-electron chi connectivity index (χ1n) is 5.69. The van der Waals surface area contributed by atoms with Gasteiger partial charge in [0.15, 0.2) is 0 Å². The van der Waals surface area contributed by atoms with Crippen molar-refractivity contribution < 1.29 is 0 Å². The van der Waals surface area contributed by atoms with Crippen LogP contribution < -0.4 is 5.73 Å². The molecular weight excluding hydrogens is 278 g/mol. The highest BCUT2D eigenvalue weighted by molar-refractivity contribution is 9.10. The van der Waals surface area contributed by atoms with E-state index in [4.69, 9.17) is 5.73 Å². The minimum absolute atomic E-state index is 0.196. The molecule has 17 heavy (non-hydrogen) atoms. The van der Waals surface area contributed by atoms with Gasteiger partial charge in [-0.1, -0.05) is 35.0 Å². The Morgan fingerprint density at radius 3 is 2.71 bits per heavy atom. The molecule has 0 saturated heterocycles. The van der Waals surface area contributed by atoms with Crippen molar-refractivity contribution in [2.75, 3.05) is 5.73 Å². The molecule has 90 valence electrons. The van der Waals surface area contributed by atoms with E-state index in [1.165, 1.54) is 5.56 Å². The van der Waals surface area contributed by atoms with E-state index in [-0.39, 0.29) is 6.04 Å². The monoisotopic (exact) mass is 293 g/mol. The molecule has 0 bridgehead atoms. The molecule has 2 aromatic rings. The van der Waals surface area contributed by atoms with Crippen LogP contribution in [0.5, 0.6) is 0 Å². The van der Waals surface area contributed by atoms with E-state index < -0.39 is 0 Å². The van der Waals surface area contributed by atoms with Crippen LogP contribution in [-0.4, -0.2) is 9.78 Å². The molecule has 0 aliphatic carbocycles. The van der Waals surface area contributed by atoms with Crippen LogP contribution >= 0.6 is 15.9 Å². The van der Waals surface area contributed by atoms with E-state index in [1.807, 2.05) is 29.8 Å². The Morgan fingerprint density at radius 2 is 2.18 bits per heavy atom. The second kappa shape index (κ2) is 4.92. The molecule has 0 spiro atoms. The molecule has 3 nitrogen and oxygen atoms in total. The van der Waals surface area contributed by atoms with Crippen LogP contribution in [0.1, 0.15) is 30.6 Å². The molecule has 4 heteroatoms. The number of aromatic nitrogens is 2. The summed E-state index contributed by atoms with van der Waals surface area (Å²) in [4.78, 5) is 0. The fourth-order valence-electron chi connectivity index (χ4n) is 2.05. The summed E-state index contributed by atoms with van der Waals surface area (Å²) in [5.74, 6) is 0.717. The van der Waals surface area contributed by atoms with Gasteiger partial charge in [-0.25, -0.2) is 4.68 Å². The van der Waals surface area contributed by atoms with Crippen LogP contribution in [0.15, 0.2) is 34.8 Å². The highest BCUT2D eigenvalue weighted by atomic mass is 79.9. The van der Waals surface area contributed by atoms with Crippen LogP contribution in [0.4, 0.5) is 5.82 Å². The fraction of sp³-hybridized carbons (Fsp3) is 0.308. The van der Waals surface area contributed by atoms with E-state index in [2.05, 4.69) is 40.1 Å². The highest BCUT2D eigenvalue weighted by Gasteiger charge is 2.15. The van der Waals surface area contributed by atoms with Crippen molar-refractivity contribution in [3.05, 3.63) is 46.1 Å². The molecule has 1 aromatic carbocycles. The van der Waals surface area contributed by atoms with Crippen molar-refractivity contribution in [2.45, 2.75) is 26.3 Å². The van der Waals surface area contributed by atoms with E-state index >= 15 is 0 Å². The number of aryl methyl sites for hydroxylation is 1. The maximum absolute atomic E-state index is 5.98. The van der Waals surface area contributed by atoms with Crippen LogP contribution in [-0.2, 0) is 0 Å². The summed E-state index contributed by atoms with van der Waals surface area (Å²) in [7, 11) is 0. The van der Waals surface area contributed by atoms with Gasteiger partial charge in [-0.05, 0) is 31.0 Å². The van der Waals surface area contributed by atoms with Crippen molar-refractivity contribution >= 4 is 21.7 Å². The van der Waals surface area contributed by atoms with Crippen molar-refractivity contribution in [1.29, 1.82) is 0 Å². The van der Waals surface area contributed by atoms with Gasteiger partial charge in [0.1, 0.15) is 5.82 Å². The Morgan fingerprint density at radius 1 is 1.41 bits per heavy atom. The van der Waals surface area contributed by atoms with Gasteiger partial charge in [-0.15, -0.1) is 0 Å². The van der Waals surface area contributed by atoms with Gasteiger partial charge in [0.2, 0.25) is 0 Å². The van der Waals surface area contributed by atoms with Crippen molar-refractivity contribution in [3.63, 3.8) is 0 Å². The minimum Gasteiger partial charge on any atom is -0.384 e. The fourth-order valence-corrected chi connectivity index (χ4v) is 2.47. The van der Waals surface area contributed by atoms with Gasteiger partial charge in [-0.3, -0.25) is 0 Å². The molecule has 1 aromatic heterocycles. The molecular formula is C13H16BrN3. The molecule has 0 aliphatic rings. The Balaban J connectivity index is 2.43. The third-order valence-electron chi connectivity index (χ3n) is 2.80. The number of nitrogens with two attached hydrogens (primary N) is 1. The number of rotatable bonds is 3. The second-order valence-electron chi connectivity index (χ2n) is 4.13. The molecule has 0 saturated carbocycles. The van der Waals surface area contributed by atoms with Gasteiger partial charge in [0.25, 0.3) is 0 Å². The molecule has 0 fully saturated rings. The Kier molecular flexibility index (Phi) is 3.52. The summed E-state index contributed by atoms with van der Waals surface area (Å²) in [5, 5.41) is 4.46. The molecule has 0 radical (unpaired) electrons. The topological polar surface area (TPSA) is 43.8 Å². The zero-order chi connectivity index (χ0) is 12.4. The summed E-state index contributed by atoms with van der Waals surface area (Å²) >= 11 is 3.49. The third-order valence-corrected chi connectivity index (χ3v) is 3.30. The number of hydrogen-bond acceptors (Lipinski definition) is 2. The van der Waals surface area contributed by atoms with Crippen molar-refractivity contribution in [2.24, 2.45) is 0 Å². The lowest BCUT2D eigenvalue weighted by Crippen LogP contribution is -2.13. The number of benzene rings is 1. The minimum atomic E-state index is 0.196. The summed E-state index contributed by atoms with van der Waals surface area (Å²) in [6, 6.07) is 10.4. The standard InChI is InChI=1S/C13H16BrN3/c1-3-12(10-5-4-6-11(14)8-10)17-13(15)7-9(2)16-17/h4-8,12H,3,15H2,1-2H3. The van der Waals surface area contributed by atoms with E-state index in [1.54, 1.807) is 0 Å². The summed E-state index contributed by atoms with van der Waals surface area (Å²) in [6.07, 6.45) is 0.960. The lowest BCUT2D eigenvalue weighted by atomic mass is 10.1. The SMILES string of the molecule is CCC(c1cccc(Br)c1)n1nc(C)cc1N. The molecule has 2 rings (SSSR count). The summed E-state index contributed by atoms with van der Waals surface area (Å²) in [5.41, 5.74) is 8.16. The molecule has 0 amide bonds. The predicted octanol–water partition coefficient (Wildman–Crippen LogP) is 3.54. The van der Waals surface area contributed by atoms with Crippen LogP contribution in [0.25, 0.3) is 0 Å². The van der Waals surface area contributed by atoms with E-state index in [0.717, 1.165) is 16.6 Å². The summed E-state index contributed by atoms with van der Waals surface area (Å²) in [6.45, 7) is 4.10. The first-order valence-corrected chi connectivity index (χ1v) is 6.48. The number of nitrogen functional groups attached to an aromatic ring is 1. The first kappa shape index (κ1) is 12.2. The molecule has 1 heterocycles. The number of nitrogens with zero attached hydrogens (tertiary/aromatic N) is 2. The quantitative estimate of drug-likeness (QED) is 0.941. The first-order chi connectivity index (χ1) is 8.11. The van der Waals surface area contributed by atoms with Gasteiger partial charge in [-0.2, -0.15) is 5.10 Å². The van der Waals surface area contributed by atoms with E-state index in [0.29, 0.717) is 5.82 Å². The normalized spacial score (nSPS) is 12.6. The Hall–Kier alpha value is -1.29. The van der Waals surface area contributed by atoms with Gasteiger partial charge in [0, 0.05) is 10.5 Å². The molecule has 0 aliphatic heterocycles. The molecule has 2 N–H and O–H groups in total. The number of halogens is 1. The van der Waals surface area contributed by atoms with E-state index in [9.17, 15) is 0 Å². The third kappa shape index (κ3) is 2.52. The lowest BCUT2D eigenvalue weighted by molar-refractivity contribution is 0.513. The zero-order valence-electron chi connectivity index (χ0n) is 10.0. The maximum Gasteiger partial charge on any atom is 0.122 e. The predicted molar refractivity (Wildman–Crippen MR) is 73.9 cm³/mol. The average molecular weight is 294 g/mol. The maximum atomic E-state index is 5.98. The van der Waals surface area contributed by atoms with Crippen LogP contribution in [0.2, 0.25) is 0 Å². The number of hydrogen-bond donors (Lipinski definition) is 1. The number of anilines is 1. The smallest absolute Gasteiger partial charge is 0.122 e. The molecule has 1 unspecified atom stereocenters. The zero-order valence-corrected chi connectivity index (χ0v) is 11.6. The highest BCUT2D eigenvalue weighted by Crippen LogP contribution is 2.26. The Labute approximate surface area is 110 Å². The lowest BCUT2D eigenvalue weighted by Gasteiger charge is -2.17. The van der Waals surface area contributed by atoms with Crippen molar-refractivity contribution in [3.8, 4) is 0 Å². The average Bonchev–Trinajstić information content (AvgIpc) is 2.59. The van der Waals surface area contributed by atoms with Crippen LogP contribution in [0, 0.1) is 6.92 Å². The van der Waals surface area contributed by atoms with Crippen molar-refractivity contribution in [1.82, 2.24) is 9.78 Å². The summed E-state index contributed by atoms with van der Waals surface area (Å²) < 4.78 is 2.98. The second-order valence-corrected chi connectivity index (χ2v) is 5.05. The van der Waals surface area contributed by atoms with Gasteiger partial charge >= 0.3 is 0 Å². The van der Waals surface area contributed by atoms with Gasteiger partial charge < -0.3 is 5.73 Å². The van der Waals surface area contributed by atoms with Crippen LogP contribution in [0.3, 0.4) is 0 Å². The Bertz CT molecular complexity index is 519. The van der Waals surface area contributed by atoms with Gasteiger partial charge in [0.05, 0.1) is 11.7 Å². The largest absolute Gasteiger partial charge is 0.384 e.